The maximum absolute atomic E-state index is 5.28. The lowest BCUT2D eigenvalue weighted by molar-refractivity contribution is 0.208. The van der Waals surface area contributed by atoms with E-state index in [2.05, 4.69) is 20.6 Å². The molecule has 0 bridgehead atoms. The van der Waals surface area contributed by atoms with Crippen LogP contribution < -0.4 is 11.3 Å². The molecule has 13 heavy (non-hydrogen) atoms. The number of nitrogens with one attached hydrogen (secondary N) is 2. The van der Waals surface area contributed by atoms with Gasteiger partial charge in [-0.15, -0.1) is 0 Å². The number of aromatic amines is 1. The number of rotatable bonds is 4. The van der Waals surface area contributed by atoms with Crippen LogP contribution in [0, 0.1) is 0 Å². The van der Waals surface area contributed by atoms with Crippen molar-refractivity contribution in [1.29, 1.82) is 0 Å². The average molecular weight is 183 g/mol. The van der Waals surface area contributed by atoms with Crippen LogP contribution in [0.4, 0.5) is 0 Å². The van der Waals surface area contributed by atoms with Crippen molar-refractivity contribution in [3.05, 3.63) is 18.0 Å². The van der Waals surface area contributed by atoms with E-state index < -0.39 is 0 Å². The Labute approximate surface area is 76.2 Å². The second-order valence-corrected chi connectivity index (χ2v) is 2.34. The van der Waals surface area contributed by atoms with Gasteiger partial charge in [0.05, 0.1) is 13.2 Å². The van der Waals surface area contributed by atoms with Gasteiger partial charge in [0.15, 0.2) is 5.84 Å². The first kappa shape index (κ1) is 9.69. The second-order valence-electron chi connectivity index (χ2n) is 2.34. The number of nitrogens with two attached hydrogens (primary N) is 1. The minimum atomic E-state index is 0.565. The van der Waals surface area contributed by atoms with Crippen LogP contribution in [0.2, 0.25) is 0 Å². The van der Waals surface area contributed by atoms with Crippen molar-refractivity contribution in [2.45, 2.75) is 0 Å². The molecule has 1 rings (SSSR count). The molecule has 0 amide bonds. The number of hydrogen-bond donors (Lipinski definition) is 3. The number of amidine groups is 1. The molecule has 1 aromatic rings. The molecule has 0 aromatic carbocycles. The lowest BCUT2D eigenvalue weighted by atomic mass is 10.4. The molecule has 0 fully saturated rings. The van der Waals surface area contributed by atoms with E-state index in [4.69, 9.17) is 10.6 Å². The molecule has 0 aliphatic heterocycles. The highest BCUT2D eigenvalue weighted by atomic mass is 16.5. The van der Waals surface area contributed by atoms with Gasteiger partial charge >= 0.3 is 0 Å². The van der Waals surface area contributed by atoms with Crippen molar-refractivity contribution in [3.8, 4) is 0 Å². The fourth-order valence-corrected chi connectivity index (χ4v) is 0.845. The predicted octanol–water partition coefficient (Wildman–Crippen LogP) is -0.734. The number of methoxy groups -OCH3 is 1. The Morgan fingerprint density at radius 1 is 1.85 bits per heavy atom. The monoisotopic (exact) mass is 183 g/mol. The van der Waals surface area contributed by atoms with Crippen molar-refractivity contribution in [2.24, 2.45) is 10.8 Å². The number of hydrazine groups is 1. The summed E-state index contributed by atoms with van der Waals surface area (Å²) in [5.41, 5.74) is 3.25. The summed E-state index contributed by atoms with van der Waals surface area (Å²) in [7, 11) is 1.63. The summed E-state index contributed by atoms with van der Waals surface area (Å²) in [4.78, 5) is 4.16. The van der Waals surface area contributed by atoms with Gasteiger partial charge in [0, 0.05) is 13.3 Å². The number of aromatic nitrogens is 2. The average Bonchev–Trinajstić information content (AvgIpc) is 2.65. The molecule has 6 nitrogen and oxygen atoms in total. The van der Waals surface area contributed by atoms with Crippen LogP contribution in [0.25, 0.3) is 0 Å². The quantitative estimate of drug-likeness (QED) is 0.189. The van der Waals surface area contributed by atoms with Gasteiger partial charge < -0.3 is 10.2 Å². The number of aliphatic imine (C=N–C) groups is 1. The molecule has 0 spiro atoms. The lowest BCUT2D eigenvalue weighted by Crippen LogP contribution is -2.31. The molecule has 4 N–H and O–H groups in total. The zero-order valence-electron chi connectivity index (χ0n) is 7.45. The maximum atomic E-state index is 5.28. The highest BCUT2D eigenvalue weighted by molar-refractivity contribution is 5.96. The molecular weight excluding hydrogens is 170 g/mol. The van der Waals surface area contributed by atoms with Crippen LogP contribution in [-0.2, 0) is 4.74 Å². The maximum Gasteiger partial charge on any atom is 0.160 e. The molecule has 0 aliphatic rings. The third-order valence-corrected chi connectivity index (χ3v) is 1.46. The number of hydrogen-bond acceptors (Lipinski definition) is 4. The third kappa shape index (κ3) is 2.85. The van der Waals surface area contributed by atoms with E-state index in [1.165, 1.54) is 0 Å². The number of H-pyrrole nitrogens is 1. The highest BCUT2D eigenvalue weighted by Crippen LogP contribution is 1.91. The van der Waals surface area contributed by atoms with Crippen molar-refractivity contribution < 1.29 is 4.74 Å². The van der Waals surface area contributed by atoms with Crippen LogP contribution in [0.15, 0.2) is 17.3 Å². The third-order valence-electron chi connectivity index (χ3n) is 1.46. The standard InChI is InChI=1S/C7H13N5O/c1-13-5-4-9-7(11-8)6-2-3-10-12-6/h2-3H,4-5,8H2,1H3,(H,9,11)(H,10,12). The Morgan fingerprint density at radius 2 is 2.69 bits per heavy atom. The van der Waals surface area contributed by atoms with Gasteiger partial charge in [-0.3, -0.25) is 10.1 Å². The summed E-state index contributed by atoms with van der Waals surface area (Å²) in [5, 5.41) is 6.54. The molecular formula is C7H13N5O. The zero-order chi connectivity index (χ0) is 9.52. The highest BCUT2D eigenvalue weighted by Gasteiger charge is 2.00. The van der Waals surface area contributed by atoms with E-state index >= 15 is 0 Å². The van der Waals surface area contributed by atoms with Gasteiger partial charge in [-0.2, -0.15) is 5.10 Å². The molecule has 72 valence electrons. The Morgan fingerprint density at radius 3 is 3.23 bits per heavy atom. The number of ether oxygens (including phenoxy) is 1. The Hall–Kier alpha value is -1.40. The van der Waals surface area contributed by atoms with E-state index in [-0.39, 0.29) is 0 Å². The van der Waals surface area contributed by atoms with Gasteiger partial charge in [-0.25, -0.2) is 5.84 Å². The lowest BCUT2D eigenvalue weighted by Gasteiger charge is -2.01. The molecule has 0 aliphatic carbocycles. The van der Waals surface area contributed by atoms with Gasteiger partial charge in [0.1, 0.15) is 5.69 Å². The van der Waals surface area contributed by atoms with Crippen LogP contribution in [0.5, 0.6) is 0 Å². The van der Waals surface area contributed by atoms with Gasteiger partial charge in [0.2, 0.25) is 0 Å². The summed E-state index contributed by atoms with van der Waals surface area (Å²) in [6.45, 7) is 1.13. The fraction of sp³-hybridized carbons (Fsp3) is 0.429. The topological polar surface area (TPSA) is 88.3 Å². The minimum absolute atomic E-state index is 0.565. The van der Waals surface area contributed by atoms with E-state index in [9.17, 15) is 0 Å². The first-order chi connectivity index (χ1) is 6.38. The first-order valence-corrected chi connectivity index (χ1v) is 3.88. The molecule has 0 saturated heterocycles. The van der Waals surface area contributed by atoms with Gasteiger partial charge in [0.25, 0.3) is 0 Å². The summed E-state index contributed by atoms with van der Waals surface area (Å²) in [6, 6.07) is 1.78. The van der Waals surface area contributed by atoms with E-state index in [0.717, 1.165) is 5.69 Å². The summed E-state index contributed by atoms with van der Waals surface area (Å²) < 4.78 is 4.85. The molecule has 1 aromatic heterocycles. The van der Waals surface area contributed by atoms with E-state index in [0.29, 0.717) is 19.0 Å². The molecule has 0 unspecified atom stereocenters. The van der Waals surface area contributed by atoms with Crippen LogP contribution in [0.1, 0.15) is 5.69 Å². The molecule has 1 heterocycles. The Kier molecular flexibility index (Phi) is 3.94. The second kappa shape index (κ2) is 5.28. The Balaban J connectivity index is 2.57. The zero-order valence-corrected chi connectivity index (χ0v) is 7.45. The summed E-state index contributed by atoms with van der Waals surface area (Å²) >= 11 is 0. The van der Waals surface area contributed by atoms with Crippen molar-refractivity contribution in [3.63, 3.8) is 0 Å². The predicted molar refractivity (Wildman–Crippen MR) is 49.2 cm³/mol. The number of nitrogens with zero attached hydrogens (tertiary/aromatic N) is 2. The van der Waals surface area contributed by atoms with Crippen LogP contribution in [0.3, 0.4) is 0 Å². The fourth-order valence-electron chi connectivity index (χ4n) is 0.845. The summed E-state index contributed by atoms with van der Waals surface area (Å²) in [6.07, 6.45) is 1.64. The van der Waals surface area contributed by atoms with Crippen LogP contribution >= 0.6 is 0 Å². The van der Waals surface area contributed by atoms with Crippen LogP contribution in [-0.4, -0.2) is 36.3 Å². The van der Waals surface area contributed by atoms with E-state index in [1.807, 2.05) is 0 Å². The normalized spacial score (nSPS) is 11.7. The SMILES string of the molecule is COCCN=C(NN)c1ccn[nH]1. The molecule has 6 heteroatoms. The Bertz CT molecular complexity index is 256. The molecule has 0 radical (unpaired) electrons. The minimum Gasteiger partial charge on any atom is -0.383 e. The smallest absolute Gasteiger partial charge is 0.160 e. The van der Waals surface area contributed by atoms with E-state index in [1.54, 1.807) is 19.4 Å². The molecule has 0 atom stereocenters. The van der Waals surface area contributed by atoms with Crippen molar-refractivity contribution in [1.82, 2.24) is 15.6 Å². The molecule has 0 saturated carbocycles. The summed E-state index contributed by atoms with van der Waals surface area (Å²) in [5.74, 6) is 5.86. The van der Waals surface area contributed by atoms with Crippen molar-refractivity contribution >= 4 is 5.84 Å². The van der Waals surface area contributed by atoms with Crippen molar-refractivity contribution in [2.75, 3.05) is 20.3 Å². The largest absolute Gasteiger partial charge is 0.383 e. The van der Waals surface area contributed by atoms with Gasteiger partial charge in [-0.05, 0) is 6.07 Å². The first-order valence-electron chi connectivity index (χ1n) is 3.88. The van der Waals surface area contributed by atoms with Gasteiger partial charge in [-0.1, -0.05) is 0 Å².